The van der Waals surface area contributed by atoms with E-state index in [0.29, 0.717) is 6.61 Å². The maximum atomic E-state index is 10.7. The number of carbonyl (C=O) groups is 1. The summed E-state index contributed by atoms with van der Waals surface area (Å²) in [6, 6.07) is -0.684. The molecule has 0 bridgehead atoms. The summed E-state index contributed by atoms with van der Waals surface area (Å²) in [6.07, 6.45) is -1.10. The van der Waals surface area contributed by atoms with Crippen molar-refractivity contribution in [2.45, 2.75) is 6.04 Å². The number of ether oxygens (including phenoxy) is 1. The van der Waals surface area contributed by atoms with Crippen LogP contribution >= 0.6 is 0 Å². The molecule has 0 aliphatic carbocycles. The summed E-state index contributed by atoms with van der Waals surface area (Å²) < 4.78 is 5.01. The largest absolute Gasteiger partial charge is 0.465 e. The number of morpholine rings is 1. The van der Waals surface area contributed by atoms with Crippen molar-refractivity contribution in [3.05, 3.63) is 0 Å². The average molecular weight is 189 g/mol. The molecule has 0 aromatic carbocycles. The van der Waals surface area contributed by atoms with E-state index in [1.807, 2.05) is 0 Å². The fourth-order valence-corrected chi connectivity index (χ4v) is 1.14. The van der Waals surface area contributed by atoms with Crippen molar-refractivity contribution >= 4 is 11.9 Å². The third-order valence-corrected chi connectivity index (χ3v) is 1.83. The predicted octanol–water partition coefficient (Wildman–Crippen LogP) is -0.888. The molecule has 1 aliphatic rings. The van der Waals surface area contributed by atoms with E-state index in [1.165, 1.54) is 0 Å². The quantitative estimate of drug-likeness (QED) is 0.214. The molecular formula is C6H11N3O4. The van der Waals surface area contributed by atoms with E-state index in [2.05, 4.69) is 5.16 Å². The lowest BCUT2D eigenvalue weighted by Crippen LogP contribution is -2.54. The summed E-state index contributed by atoms with van der Waals surface area (Å²) in [4.78, 5) is 11.7. The molecule has 4 N–H and O–H groups in total. The predicted molar refractivity (Wildman–Crippen MR) is 42.7 cm³/mol. The summed E-state index contributed by atoms with van der Waals surface area (Å²) in [5.41, 5.74) is 5.29. The summed E-state index contributed by atoms with van der Waals surface area (Å²) in [5, 5.41) is 19.9. The Morgan fingerprint density at radius 2 is 2.38 bits per heavy atom. The molecule has 7 nitrogen and oxygen atoms in total. The van der Waals surface area contributed by atoms with Gasteiger partial charge in [-0.1, -0.05) is 5.16 Å². The smallest absolute Gasteiger partial charge is 0.408 e. The van der Waals surface area contributed by atoms with Gasteiger partial charge in [0.15, 0.2) is 5.84 Å². The minimum atomic E-state index is -1.10. The van der Waals surface area contributed by atoms with Crippen LogP contribution in [0.5, 0.6) is 0 Å². The van der Waals surface area contributed by atoms with Gasteiger partial charge in [-0.25, -0.2) is 4.79 Å². The fraction of sp³-hybridized carbons (Fsp3) is 0.667. The van der Waals surface area contributed by atoms with Crippen molar-refractivity contribution in [3.63, 3.8) is 0 Å². The molecule has 1 unspecified atom stereocenters. The van der Waals surface area contributed by atoms with Gasteiger partial charge in [-0.2, -0.15) is 0 Å². The molecule has 74 valence electrons. The zero-order chi connectivity index (χ0) is 9.84. The number of carboxylic acid groups (broad SMARTS) is 1. The number of oxime groups is 1. The highest BCUT2D eigenvalue weighted by Gasteiger charge is 2.30. The van der Waals surface area contributed by atoms with Crippen molar-refractivity contribution in [1.82, 2.24) is 4.90 Å². The summed E-state index contributed by atoms with van der Waals surface area (Å²) in [5.74, 6) is -0.151. The molecule has 1 aliphatic heterocycles. The van der Waals surface area contributed by atoms with Crippen LogP contribution in [0.3, 0.4) is 0 Å². The van der Waals surface area contributed by atoms with E-state index in [-0.39, 0.29) is 19.0 Å². The van der Waals surface area contributed by atoms with Crippen LogP contribution in [0.1, 0.15) is 0 Å². The Morgan fingerprint density at radius 1 is 1.69 bits per heavy atom. The van der Waals surface area contributed by atoms with Crippen molar-refractivity contribution in [2.24, 2.45) is 10.9 Å². The molecule has 1 saturated heterocycles. The summed E-state index contributed by atoms with van der Waals surface area (Å²) in [7, 11) is 0. The van der Waals surface area contributed by atoms with Gasteiger partial charge in [0.25, 0.3) is 0 Å². The highest BCUT2D eigenvalue weighted by atomic mass is 16.5. The fourth-order valence-electron chi connectivity index (χ4n) is 1.14. The zero-order valence-corrected chi connectivity index (χ0v) is 6.88. The van der Waals surface area contributed by atoms with Gasteiger partial charge in [0, 0.05) is 6.54 Å². The van der Waals surface area contributed by atoms with Gasteiger partial charge in [0.2, 0.25) is 0 Å². The Labute approximate surface area is 74.4 Å². The van der Waals surface area contributed by atoms with E-state index in [4.69, 9.17) is 20.8 Å². The molecule has 0 saturated carbocycles. The van der Waals surface area contributed by atoms with Gasteiger partial charge >= 0.3 is 6.09 Å². The van der Waals surface area contributed by atoms with Crippen LogP contribution in [0.25, 0.3) is 0 Å². The van der Waals surface area contributed by atoms with Crippen LogP contribution in [-0.2, 0) is 4.74 Å². The van der Waals surface area contributed by atoms with E-state index < -0.39 is 12.1 Å². The molecule has 1 atom stereocenters. The molecule has 0 radical (unpaired) electrons. The van der Waals surface area contributed by atoms with Gasteiger partial charge in [0.1, 0.15) is 6.04 Å². The van der Waals surface area contributed by atoms with Gasteiger partial charge in [-0.15, -0.1) is 0 Å². The standard InChI is InChI=1S/C6H11N3O4/c7-5(8-12)4-3-13-2-1-9(4)6(10)11/h4,12H,1-3H2,(H2,7,8)(H,10,11). The lowest BCUT2D eigenvalue weighted by atomic mass is 10.2. The van der Waals surface area contributed by atoms with Crippen LogP contribution < -0.4 is 5.73 Å². The van der Waals surface area contributed by atoms with Crippen LogP contribution in [-0.4, -0.2) is 52.9 Å². The molecule has 7 heteroatoms. The normalized spacial score (nSPS) is 24.5. The molecule has 0 aromatic rings. The van der Waals surface area contributed by atoms with Gasteiger partial charge < -0.3 is 20.8 Å². The van der Waals surface area contributed by atoms with Crippen molar-refractivity contribution < 1.29 is 19.8 Å². The Morgan fingerprint density at radius 3 is 2.92 bits per heavy atom. The number of hydrogen-bond donors (Lipinski definition) is 3. The number of amides is 1. The lowest BCUT2D eigenvalue weighted by molar-refractivity contribution is 0.0201. The topological polar surface area (TPSA) is 108 Å². The van der Waals surface area contributed by atoms with Crippen molar-refractivity contribution in [3.8, 4) is 0 Å². The molecule has 1 fully saturated rings. The zero-order valence-electron chi connectivity index (χ0n) is 6.88. The van der Waals surface area contributed by atoms with E-state index in [0.717, 1.165) is 4.90 Å². The van der Waals surface area contributed by atoms with Gasteiger partial charge in [-0.3, -0.25) is 4.90 Å². The van der Waals surface area contributed by atoms with Crippen LogP contribution in [0.2, 0.25) is 0 Å². The van der Waals surface area contributed by atoms with Crippen molar-refractivity contribution in [2.75, 3.05) is 19.8 Å². The molecular weight excluding hydrogens is 178 g/mol. The van der Waals surface area contributed by atoms with Crippen LogP contribution in [0, 0.1) is 0 Å². The second kappa shape index (κ2) is 3.94. The summed E-state index contributed by atoms with van der Waals surface area (Å²) >= 11 is 0. The van der Waals surface area contributed by atoms with Crippen molar-refractivity contribution in [1.29, 1.82) is 0 Å². The van der Waals surface area contributed by atoms with E-state index in [9.17, 15) is 4.79 Å². The molecule has 13 heavy (non-hydrogen) atoms. The van der Waals surface area contributed by atoms with Crippen LogP contribution in [0.15, 0.2) is 5.16 Å². The number of hydrogen-bond acceptors (Lipinski definition) is 4. The number of nitrogens with two attached hydrogens (primary N) is 1. The first-order valence-corrected chi connectivity index (χ1v) is 3.71. The molecule has 1 amide bonds. The minimum Gasteiger partial charge on any atom is -0.465 e. The van der Waals surface area contributed by atoms with Gasteiger partial charge in [0.05, 0.1) is 13.2 Å². The highest BCUT2D eigenvalue weighted by Crippen LogP contribution is 2.06. The maximum Gasteiger partial charge on any atom is 0.408 e. The summed E-state index contributed by atoms with van der Waals surface area (Å²) in [6.45, 7) is 0.694. The number of amidine groups is 1. The SMILES string of the molecule is N/C(=N\O)C1COCCN1C(=O)O. The number of nitrogens with zero attached hydrogens (tertiary/aromatic N) is 2. The maximum absolute atomic E-state index is 10.7. The molecule has 0 aromatic heterocycles. The second-order valence-electron chi connectivity index (χ2n) is 2.59. The third kappa shape index (κ3) is 2.00. The van der Waals surface area contributed by atoms with Gasteiger partial charge in [-0.05, 0) is 0 Å². The first-order chi connectivity index (χ1) is 6.16. The average Bonchev–Trinajstić information content (AvgIpc) is 2.16. The Balaban J connectivity index is 2.73. The Kier molecular flexibility index (Phi) is 2.91. The first-order valence-electron chi connectivity index (χ1n) is 3.71. The molecule has 1 rings (SSSR count). The van der Waals surface area contributed by atoms with E-state index >= 15 is 0 Å². The first kappa shape index (κ1) is 9.59. The highest BCUT2D eigenvalue weighted by molar-refractivity contribution is 5.88. The van der Waals surface area contributed by atoms with E-state index in [1.54, 1.807) is 0 Å². The third-order valence-electron chi connectivity index (χ3n) is 1.83. The lowest BCUT2D eigenvalue weighted by Gasteiger charge is -2.32. The number of rotatable bonds is 1. The molecule has 1 heterocycles. The second-order valence-corrected chi connectivity index (χ2v) is 2.59. The Bertz CT molecular complexity index is 230. The minimum absolute atomic E-state index is 0.127. The molecule has 0 spiro atoms. The Hall–Kier alpha value is -1.50. The monoisotopic (exact) mass is 189 g/mol. The van der Waals surface area contributed by atoms with Crippen LogP contribution in [0.4, 0.5) is 4.79 Å².